The van der Waals surface area contributed by atoms with Gasteiger partial charge in [-0.3, -0.25) is 19.8 Å². The topological polar surface area (TPSA) is 93.9 Å². The van der Waals surface area contributed by atoms with Crippen molar-refractivity contribution in [3.05, 3.63) is 41.7 Å². The third-order valence-corrected chi connectivity index (χ3v) is 5.94. The lowest BCUT2D eigenvalue weighted by molar-refractivity contribution is -0.136. The number of fused-ring (bicyclic) bond motifs is 1. The van der Waals surface area contributed by atoms with Gasteiger partial charge in [0, 0.05) is 58.1 Å². The summed E-state index contributed by atoms with van der Waals surface area (Å²) in [5.74, 6) is -1.22. The van der Waals surface area contributed by atoms with Crippen LogP contribution in [0.1, 0.15) is 17.2 Å². The van der Waals surface area contributed by atoms with E-state index >= 15 is 0 Å². The molecular formula is C21H28N6O3. The van der Waals surface area contributed by atoms with Crippen LogP contribution in [0, 0.1) is 0 Å². The van der Waals surface area contributed by atoms with E-state index in [2.05, 4.69) is 67.3 Å². The minimum absolute atomic E-state index is 0.0127. The summed E-state index contributed by atoms with van der Waals surface area (Å²) in [6.45, 7) is 5.17. The number of anilines is 2. The molecule has 2 N–H and O–H groups in total. The first-order chi connectivity index (χ1) is 14.5. The van der Waals surface area contributed by atoms with Crippen LogP contribution in [0.2, 0.25) is 0 Å². The Hall–Kier alpha value is -2.91. The Balaban J connectivity index is 1.46. The average Bonchev–Trinajstić information content (AvgIpc) is 3.39. The molecule has 1 aromatic heterocycles. The SMILES string of the molecule is CN1CCN([C@H](CNC(=O)C(=O)Nc2ccon2)c2ccc3c(c2)CCN3C)CC1. The van der Waals surface area contributed by atoms with E-state index in [1.54, 1.807) is 0 Å². The molecule has 4 rings (SSSR count). The van der Waals surface area contributed by atoms with E-state index in [1.807, 2.05) is 0 Å². The number of carbonyl (C=O) groups excluding carboxylic acids is 2. The number of aromatic nitrogens is 1. The predicted molar refractivity (Wildman–Crippen MR) is 113 cm³/mol. The molecule has 3 heterocycles. The van der Waals surface area contributed by atoms with Gasteiger partial charge in [0.2, 0.25) is 0 Å². The summed E-state index contributed by atoms with van der Waals surface area (Å²) < 4.78 is 4.67. The minimum Gasteiger partial charge on any atom is -0.374 e. The number of benzene rings is 1. The number of likely N-dealkylation sites (N-methyl/N-ethyl adjacent to an activating group) is 2. The van der Waals surface area contributed by atoms with Crippen molar-refractivity contribution in [3.8, 4) is 0 Å². The molecule has 2 amide bonds. The highest BCUT2D eigenvalue weighted by Gasteiger charge is 2.27. The largest absolute Gasteiger partial charge is 0.374 e. The molecule has 30 heavy (non-hydrogen) atoms. The summed E-state index contributed by atoms with van der Waals surface area (Å²) in [6.07, 6.45) is 2.36. The van der Waals surface area contributed by atoms with Crippen molar-refractivity contribution in [1.82, 2.24) is 20.3 Å². The van der Waals surface area contributed by atoms with Crippen LogP contribution in [0.5, 0.6) is 0 Å². The fraction of sp³-hybridized carbons (Fsp3) is 0.476. The van der Waals surface area contributed by atoms with Crippen LogP contribution >= 0.6 is 0 Å². The molecule has 0 unspecified atom stereocenters. The maximum atomic E-state index is 12.4. The molecule has 2 aliphatic heterocycles. The van der Waals surface area contributed by atoms with Gasteiger partial charge in [-0.2, -0.15) is 0 Å². The molecule has 9 nitrogen and oxygen atoms in total. The van der Waals surface area contributed by atoms with Crippen LogP contribution in [0.3, 0.4) is 0 Å². The van der Waals surface area contributed by atoms with Crippen molar-refractivity contribution in [1.29, 1.82) is 0 Å². The Morgan fingerprint density at radius 3 is 2.63 bits per heavy atom. The van der Waals surface area contributed by atoms with E-state index < -0.39 is 11.8 Å². The van der Waals surface area contributed by atoms with Gasteiger partial charge in [-0.05, 0) is 30.7 Å². The van der Waals surface area contributed by atoms with Crippen molar-refractivity contribution in [3.63, 3.8) is 0 Å². The van der Waals surface area contributed by atoms with Crippen molar-refractivity contribution in [2.45, 2.75) is 12.5 Å². The van der Waals surface area contributed by atoms with E-state index in [9.17, 15) is 9.59 Å². The first kappa shape index (κ1) is 20.4. The van der Waals surface area contributed by atoms with Crippen LogP contribution in [0.4, 0.5) is 11.5 Å². The maximum absolute atomic E-state index is 12.4. The molecule has 0 spiro atoms. The quantitative estimate of drug-likeness (QED) is 0.699. The lowest BCUT2D eigenvalue weighted by Crippen LogP contribution is -2.49. The van der Waals surface area contributed by atoms with Crippen LogP contribution in [0.15, 0.2) is 35.1 Å². The predicted octanol–water partition coefficient (Wildman–Crippen LogP) is 0.710. The molecule has 0 bridgehead atoms. The monoisotopic (exact) mass is 412 g/mol. The summed E-state index contributed by atoms with van der Waals surface area (Å²) in [7, 11) is 4.23. The Morgan fingerprint density at radius 2 is 1.90 bits per heavy atom. The van der Waals surface area contributed by atoms with Crippen molar-refractivity contribution < 1.29 is 14.1 Å². The first-order valence-electron chi connectivity index (χ1n) is 10.3. The summed E-state index contributed by atoms with van der Waals surface area (Å²) >= 11 is 0. The van der Waals surface area contributed by atoms with Gasteiger partial charge in [0.1, 0.15) is 6.26 Å². The van der Waals surface area contributed by atoms with E-state index in [4.69, 9.17) is 0 Å². The van der Waals surface area contributed by atoms with Gasteiger partial charge in [0.15, 0.2) is 5.82 Å². The summed E-state index contributed by atoms with van der Waals surface area (Å²) in [5, 5.41) is 8.83. The smallest absolute Gasteiger partial charge is 0.314 e. The number of nitrogens with zero attached hydrogens (tertiary/aromatic N) is 4. The molecule has 160 valence electrons. The number of carbonyl (C=O) groups is 2. The van der Waals surface area contributed by atoms with Crippen molar-refractivity contribution in [2.24, 2.45) is 0 Å². The molecule has 2 aromatic rings. The van der Waals surface area contributed by atoms with Crippen LogP contribution < -0.4 is 15.5 Å². The van der Waals surface area contributed by atoms with E-state index in [1.165, 1.54) is 29.1 Å². The van der Waals surface area contributed by atoms with Crippen LogP contribution in [-0.4, -0.2) is 80.1 Å². The molecular weight excluding hydrogens is 384 g/mol. The Bertz CT molecular complexity index is 892. The van der Waals surface area contributed by atoms with E-state index in [0.717, 1.165) is 39.1 Å². The number of hydrogen-bond donors (Lipinski definition) is 2. The normalized spacial score (nSPS) is 18.1. The molecule has 2 aliphatic rings. The van der Waals surface area contributed by atoms with Gasteiger partial charge in [-0.25, -0.2) is 0 Å². The summed E-state index contributed by atoms with van der Waals surface area (Å²) in [4.78, 5) is 31.4. The van der Waals surface area contributed by atoms with Gasteiger partial charge in [0.25, 0.3) is 0 Å². The van der Waals surface area contributed by atoms with Crippen molar-refractivity contribution in [2.75, 3.05) is 63.6 Å². The van der Waals surface area contributed by atoms with E-state index in [0.29, 0.717) is 6.54 Å². The second-order valence-corrected chi connectivity index (χ2v) is 7.96. The second-order valence-electron chi connectivity index (χ2n) is 7.96. The summed E-state index contributed by atoms with van der Waals surface area (Å²) in [6, 6.07) is 8.06. The number of nitrogens with one attached hydrogen (secondary N) is 2. The summed E-state index contributed by atoms with van der Waals surface area (Å²) in [5.41, 5.74) is 3.78. The fourth-order valence-electron chi connectivity index (χ4n) is 4.11. The third-order valence-electron chi connectivity index (χ3n) is 5.94. The highest BCUT2D eigenvalue weighted by atomic mass is 16.5. The van der Waals surface area contributed by atoms with Crippen molar-refractivity contribution >= 4 is 23.3 Å². The number of hydrogen-bond acceptors (Lipinski definition) is 7. The molecule has 1 fully saturated rings. The molecule has 1 aromatic carbocycles. The number of piperazine rings is 1. The zero-order chi connectivity index (χ0) is 21.1. The Kier molecular flexibility index (Phi) is 6.01. The molecule has 1 saturated heterocycles. The molecule has 0 aliphatic carbocycles. The van der Waals surface area contributed by atoms with E-state index in [-0.39, 0.29) is 11.9 Å². The van der Waals surface area contributed by atoms with Crippen LogP contribution in [0.25, 0.3) is 0 Å². The van der Waals surface area contributed by atoms with Gasteiger partial charge in [0.05, 0.1) is 6.04 Å². The molecule has 0 saturated carbocycles. The van der Waals surface area contributed by atoms with Gasteiger partial charge < -0.3 is 19.6 Å². The van der Waals surface area contributed by atoms with Gasteiger partial charge >= 0.3 is 11.8 Å². The third kappa shape index (κ3) is 4.47. The van der Waals surface area contributed by atoms with Gasteiger partial charge in [-0.1, -0.05) is 17.3 Å². The molecule has 9 heteroatoms. The highest BCUT2D eigenvalue weighted by molar-refractivity contribution is 6.39. The highest BCUT2D eigenvalue weighted by Crippen LogP contribution is 2.31. The maximum Gasteiger partial charge on any atom is 0.314 e. The Labute approximate surface area is 176 Å². The average molecular weight is 412 g/mol. The molecule has 0 radical (unpaired) electrons. The van der Waals surface area contributed by atoms with Crippen LogP contribution in [-0.2, 0) is 16.0 Å². The zero-order valence-corrected chi connectivity index (χ0v) is 17.4. The number of amides is 2. The lowest BCUT2D eigenvalue weighted by atomic mass is 10.00. The molecule has 1 atom stereocenters. The fourth-order valence-corrected chi connectivity index (χ4v) is 4.11. The first-order valence-corrected chi connectivity index (χ1v) is 10.3. The Morgan fingerprint density at radius 1 is 1.10 bits per heavy atom. The van der Waals surface area contributed by atoms with Gasteiger partial charge in [-0.15, -0.1) is 0 Å². The lowest BCUT2D eigenvalue weighted by Gasteiger charge is -2.38. The second kappa shape index (κ2) is 8.85. The minimum atomic E-state index is -0.753. The number of rotatable bonds is 5. The standard InChI is InChI=1S/C21H28N6O3/c1-25-8-10-27(11-9-25)18(15-3-4-17-16(13-15)5-7-26(17)2)14-22-20(28)21(29)23-19-6-12-30-24-19/h3-4,6,12-13,18H,5,7-11,14H2,1-2H3,(H,22,28)(H,23,24,29)/t18-/m1/s1. The zero-order valence-electron chi connectivity index (χ0n) is 17.4.